The van der Waals surface area contributed by atoms with Crippen LogP contribution in [-0.2, 0) is 4.74 Å². The van der Waals surface area contributed by atoms with E-state index in [-0.39, 0.29) is 6.04 Å². The Morgan fingerprint density at radius 3 is 2.59 bits per heavy atom. The molecule has 8 heteroatoms. The molecule has 2 heterocycles. The van der Waals surface area contributed by atoms with E-state index in [1.54, 1.807) is 14.2 Å². The Kier molecular flexibility index (Phi) is 8.26. The molecule has 2 aromatic carbocycles. The highest BCUT2D eigenvalue weighted by Gasteiger charge is 2.23. The van der Waals surface area contributed by atoms with Gasteiger partial charge in [0.1, 0.15) is 11.5 Å². The van der Waals surface area contributed by atoms with Crippen molar-refractivity contribution >= 4 is 34.0 Å². The molecule has 0 aliphatic carbocycles. The van der Waals surface area contributed by atoms with Crippen LogP contribution in [0, 0.1) is 0 Å². The number of rotatable bonds is 9. The second-order valence-corrected chi connectivity index (χ2v) is 8.75. The molecular weight excluding hydrogens is 450 g/mol. The van der Waals surface area contributed by atoms with Gasteiger partial charge in [-0.2, -0.15) is 0 Å². The fourth-order valence-electron chi connectivity index (χ4n) is 4.21. The molecule has 3 aromatic rings. The molecule has 1 aliphatic heterocycles. The number of para-hydroxylation sites is 1. The summed E-state index contributed by atoms with van der Waals surface area (Å²) >= 11 is 5.88. The van der Waals surface area contributed by atoms with Crippen molar-refractivity contribution in [1.82, 2.24) is 9.80 Å². The Hall–Kier alpha value is -2.81. The van der Waals surface area contributed by atoms with E-state index in [1.807, 2.05) is 42.5 Å². The number of thiocarbonyl (C=S) groups is 1. The van der Waals surface area contributed by atoms with E-state index in [1.165, 1.54) is 0 Å². The summed E-state index contributed by atoms with van der Waals surface area (Å²) < 4.78 is 22.5. The van der Waals surface area contributed by atoms with Crippen LogP contribution in [0.3, 0.4) is 0 Å². The normalized spacial score (nSPS) is 15.1. The third-order valence-corrected chi connectivity index (χ3v) is 6.54. The largest absolute Gasteiger partial charge is 0.497 e. The number of benzene rings is 2. The summed E-state index contributed by atoms with van der Waals surface area (Å²) in [7, 11) is 3.32. The fourth-order valence-corrected chi connectivity index (χ4v) is 4.57. The maximum absolute atomic E-state index is 6.26. The monoisotopic (exact) mass is 483 g/mol. The molecule has 1 fully saturated rings. The van der Waals surface area contributed by atoms with Crippen LogP contribution in [-0.4, -0.2) is 68.5 Å². The van der Waals surface area contributed by atoms with Crippen molar-refractivity contribution in [1.29, 1.82) is 0 Å². The number of furan rings is 1. The van der Waals surface area contributed by atoms with Gasteiger partial charge < -0.3 is 28.8 Å². The van der Waals surface area contributed by atoms with E-state index >= 15 is 0 Å². The zero-order valence-electron chi connectivity index (χ0n) is 20.1. The Morgan fingerprint density at radius 2 is 1.88 bits per heavy atom. The Labute approximate surface area is 206 Å². The lowest BCUT2D eigenvalue weighted by atomic mass is 10.2. The molecule has 0 bridgehead atoms. The van der Waals surface area contributed by atoms with Crippen LogP contribution in [0.5, 0.6) is 11.5 Å². The number of hydrogen-bond acceptors (Lipinski definition) is 6. The van der Waals surface area contributed by atoms with Crippen LogP contribution in [0.4, 0.5) is 5.69 Å². The van der Waals surface area contributed by atoms with Crippen LogP contribution in [0.2, 0.25) is 0 Å². The SMILES string of the molecule is COc1ccc(NC(=S)N(CCCN2CCOCC2)[C@H](C)c2cc3cccc(OC)c3o2)cc1. The molecule has 7 nitrogen and oxygen atoms in total. The summed E-state index contributed by atoms with van der Waals surface area (Å²) in [4.78, 5) is 4.64. The van der Waals surface area contributed by atoms with Crippen LogP contribution in [0.1, 0.15) is 25.1 Å². The number of anilines is 1. The van der Waals surface area contributed by atoms with Gasteiger partial charge in [-0.15, -0.1) is 0 Å². The predicted octanol–water partition coefficient (Wildman–Crippen LogP) is 4.93. The predicted molar refractivity (Wildman–Crippen MR) is 139 cm³/mol. The first-order chi connectivity index (χ1) is 16.6. The van der Waals surface area contributed by atoms with E-state index in [4.69, 9.17) is 30.8 Å². The fraction of sp³-hybridized carbons (Fsp3) is 0.423. The zero-order chi connectivity index (χ0) is 23.9. The first-order valence-electron chi connectivity index (χ1n) is 11.7. The van der Waals surface area contributed by atoms with Gasteiger partial charge in [-0.3, -0.25) is 4.90 Å². The van der Waals surface area contributed by atoms with Gasteiger partial charge in [-0.05, 0) is 62.0 Å². The van der Waals surface area contributed by atoms with Crippen molar-refractivity contribution in [2.45, 2.75) is 19.4 Å². The minimum absolute atomic E-state index is 0.0555. The van der Waals surface area contributed by atoms with Crippen LogP contribution >= 0.6 is 12.2 Å². The van der Waals surface area contributed by atoms with Gasteiger partial charge in [0, 0.05) is 37.3 Å². The summed E-state index contributed by atoms with van der Waals surface area (Å²) in [6.45, 7) is 7.50. The lowest BCUT2D eigenvalue weighted by molar-refractivity contribution is 0.0365. The third kappa shape index (κ3) is 5.81. The van der Waals surface area contributed by atoms with Gasteiger partial charge in [0.15, 0.2) is 16.4 Å². The van der Waals surface area contributed by atoms with E-state index in [0.29, 0.717) is 5.11 Å². The Bertz CT molecular complexity index is 1080. The van der Waals surface area contributed by atoms with Crippen LogP contribution in [0.15, 0.2) is 52.9 Å². The van der Waals surface area contributed by atoms with E-state index in [0.717, 1.165) is 79.7 Å². The molecule has 0 unspecified atom stereocenters. The number of methoxy groups -OCH3 is 2. The minimum atomic E-state index is -0.0555. The number of morpholine rings is 1. The maximum atomic E-state index is 6.26. The third-order valence-electron chi connectivity index (χ3n) is 6.21. The van der Waals surface area contributed by atoms with Crippen molar-refractivity contribution in [3.63, 3.8) is 0 Å². The van der Waals surface area contributed by atoms with Gasteiger partial charge in [0.05, 0.1) is 33.5 Å². The highest BCUT2D eigenvalue weighted by molar-refractivity contribution is 7.80. The molecule has 1 aromatic heterocycles. The molecule has 0 saturated carbocycles. The van der Waals surface area contributed by atoms with E-state index < -0.39 is 0 Å². The molecule has 0 radical (unpaired) electrons. The second-order valence-electron chi connectivity index (χ2n) is 8.36. The minimum Gasteiger partial charge on any atom is -0.497 e. The quantitative estimate of drug-likeness (QED) is 0.430. The average Bonchev–Trinajstić information content (AvgIpc) is 3.32. The number of hydrogen-bond donors (Lipinski definition) is 1. The first-order valence-corrected chi connectivity index (χ1v) is 12.1. The molecule has 1 saturated heterocycles. The van der Waals surface area contributed by atoms with Gasteiger partial charge in [-0.1, -0.05) is 12.1 Å². The van der Waals surface area contributed by atoms with Crippen molar-refractivity contribution in [3.8, 4) is 11.5 Å². The van der Waals surface area contributed by atoms with Crippen molar-refractivity contribution in [2.24, 2.45) is 0 Å². The molecule has 4 rings (SSSR count). The first kappa shape index (κ1) is 24.3. The van der Waals surface area contributed by atoms with Crippen LogP contribution < -0.4 is 14.8 Å². The lowest BCUT2D eigenvalue weighted by Crippen LogP contribution is -2.41. The van der Waals surface area contributed by atoms with Crippen molar-refractivity contribution in [3.05, 3.63) is 54.3 Å². The Morgan fingerprint density at radius 1 is 1.12 bits per heavy atom. The zero-order valence-corrected chi connectivity index (χ0v) is 20.9. The van der Waals surface area contributed by atoms with Gasteiger partial charge in [0.25, 0.3) is 0 Å². The summed E-state index contributed by atoms with van der Waals surface area (Å²) in [6, 6.07) is 15.7. The molecular formula is C26H33N3O4S. The van der Waals surface area contributed by atoms with Crippen molar-refractivity contribution in [2.75, 3.05) is 58.9 Å². The molecule has 34 heavy (non-hydrogen) atoms. The standard InChI is InChI=1S/C26H33N3O4S/c1-19(24-18-20-6-4-7-23(31-3)25(20)33-24)29(13-5-12-28-14-16-32-17-15-28)26(34)27-21-8-10-22(30-2)11-9-21/h4,6-11,18-19H,5,12-17H2,1-3H3,(H,27,34)/t19-/m1/s1. The molecule has 1 atom stereocenters. The number of fused-ring (bicyclic) bond motifs is 1. The van der Waals surface area contributed by atoms with E-state index in [2.05, 4.69) is 28.1 Å². The molecule has 1 N–H and O–H groups in total. The second kappa shape index (κ2) is 11.6. The van der Waals surface area contributed by atoms with Gasteiger partial charge >= 0.3 is 0 Å². The highest BCUT2D eigenvalue weighted by atomic mass is 32.1. The van der Waals surface area contributed by atoms with Crippen LogP contribution in [0.25, 0.3) is 11.0 Å². The summed E-state index contributed by atoms with van der Waals surface area (Å²) in [6.07, 6.45) is 0.984. The topological polar surface area (TPSA) is 59.3 Å². The molecule has 182 valence electrons. The molecule has 0 spiro atoms. The maximum Gasteiger partial charge on any atom is 0.176 e. The summed E-state index contributed by atoms with van der Waals surface area (Å²) in [5.74, 6) is 2.39. The number of nitrogens with zero attached hydrogens (tertiary/aromatic N) is 2. The highest BCUT2D eigenvalue weighted by Crippen LogP contribution is 2.33. The Balaban J connectivity index is 1.51. The smallest absolute Gasteiger partial charge is 0.176 e. The molecule has 0 amide bonds. The van der Waals surface area contributed by atoms with Crippen molar-refractivity contribution < 1.29 is 18.6 Å². The summed E-state index contributed by atoms with van der Waals surface area (Å²) in [5, 5.41) is 5.07. The van der Waals surface area contributed by atoms with Gasteiger partial charge in [0.2, 0.25) is 0 Å². The lowest BCUT2D eigenvalue weighted by Gasteiger charge is -2.32. The average molecular weight is 484 g/mol. The number of nitrogens with one attached hydrogen (secondary N) is 1. The molecule has 1 aliphatic rings. The van der Waals surface area contributed by atoms with Gasteiger partial charge in [-0.25, -0.2) is 0 Å². The summed E-state index contributed by atoms with van der Waals surface area (Å²) in [5.41, 5.74) is 1.68. The number of ether oxygens (including phenoxy) is 3. The van der Waals surface area contributed by atoms with E-state index in [9.17, 15) is 0 Å².